The van der Waals surface area contributed by atoms with Gasteiger partial charge in [-0.15, -0.1) is 0 Å². The number of aryl methyl sites for hydroxylation is 2. The molecule has 2 aromatic carbocycles. The summed E-state index contributed by atoms with van der Waals surface area (Å²) in [5.74, 6) is -0.403. The summed E-state index contributed by atoms with van der Waals surface area (Å²) in [6.45, 7) is 4.47. The molecule has 4 nitrogen and oxygen atoms in total. The van der Waals surface area contributed by atoms with E-state index in [1.165, 1.54) is 29.0 Å². The summed E-state index contributed by atoms with van der Waals surface area (Å²) < 4.78 is 14.3. The Labute approximate surface area is 172 Å². The van der Waals surface area contributed by atoms with Crippen molar-refractivity contribution in [3.8, 4) is 0 Å². The number of aromatic nitrogens is 2. The highest BCUT2D eigenvalue weighted by Gasteiger charge is 2.21. The first-order chi connectivity index (χ1) is 14.0. The number of anilines is 1. The van der Waals surface area contributed by atoms with E-state index >= 15 is 0 Å². The van der Waals surface area contributed by atoms with Crippen LogP contribution in [0.4, 0.5) is 9.52 Å². The fraction of sp³-hybridized carbons (Fsp3) is 0.174. The highest BCUT2D eigenvalue weighted by molar-refractivity contribution is 7.22. The third kappa shape index (κ3) is 4.32. The van der Waals surface area contributed by atoms with Crippen molar-refractivity contribution in [1.29, 1.82) is 0 Å². The standard InChI is InChI=1S/C23H20FN3OS/c1-15-10-16(2)22-20(11-15)29-23(26-22)27(14-18-4-3-9-25-13-18)21(28)12-17-5-7-19(24)8-6-17/h3-11,13H,12,14H2,1-2H3. The van der Waals surface area contributed by atoms with Crippen molar-refractivity contribution in [3.63, 3.8) is 0 Å². The molecule has 0 saturated heterocycles. The molecule has 4 aromatic rings. The Morgan fingerprint density at radius 3 is 2.62 bits per heavy atom. The lowest BCUT2D eigenvalue weighted by Gasteiger charge is -2.20. The molecule has 0 unspecified atom stereocenters. The molecule has 0 N–H and O–H groups in total. The Kier molecular flexibility index (Phi) is 5.36. The van der Waals surface area contributed by atoms with Gasteiger partial charge in [0.1, 0.15) is 5.82 Å². The van der Waals surface area contributed by atoms with Gasteiger partial charge in [-0.2, -0.15) is 0 Å². The number of carbonyl (C=O) groups excluding carboxylic acids is 1. The Hall–Kier alpha value is -3.12. The van der Waals surface area contributed by atoms with E-state index in [0.29, 0.717) is 11.7 Å². The third-order valence-electron chi connectivity index (χ3n) is 4.68. The molecule has 1 amide bonds. The van der Waals surface area contributed by atoms with Crippen molar-refractivity contribution in [3.05, 3.63) is 89.0 Å². The van der Waals surface area contributed by atoms with Crippen molar-refractivity contribution < 1.29 is 9.18 Å². The zero-order valence-corrected chi connectivity index (χ0v) is 17.0. The maximum absolute atomic E-state index is 13.2. The molecule has 0 spiro atoms. The first-order valence-electron chi connectivity index (χ1n) is 9.31. The van der Waals surface area contributed by atoms with Gasteiger partial charge in [-0.25, -0.2) is 9.37 Å². The summed E-state index contributed by atoms with van der Waals surface area (Å²) in [4.78, 5) is 23.8. The topological polar surface area (TPSA) is 46.1 Å². The van der Waals surface area contributed by atoms with Crippen LogP contribution in [0.2, 0.25) is 0 Å². The smallest absolute Gasteiger partial charge is 0.233 e. The number of hydrogen-bond acceptors (Lipinski definition) is 4. The van der Waals surface area contributed by atoms with E-state index in [-0.39, 0.29) is 18.1 Å². The van der Waals surface area contributed by atoms with Gasteiger partial charge in [0.05, 0.1) is 23.2 Å². The lowest BCUT2D eigenvalue weighted by Crippen LogP contribution is -2.31. The van der Waals surface area contributed by atoms with Crippen LogP contribution in [0.1, 0.15) is 22.3 Å². The van der Waals surface area contributed by atoms with E-state index in [1.54, 1.807) is 29.4 Å². The molecule has 0 aliphatic carbocycles. The lowest BCUT2D eigenvalue weighted by atomic mass is 10.1. The van der Waals surface area contributed by atoms with Gasteiger partial charge in [-0.1, -0.05) is 35.6 Å². The molecule has 0 atom stereocenters. The van der Waals surface area contributed by atoms with E-state index in [4.69, 9.17) is 4.98 Å². The molecule has 0 bridgehead atoms. The van der Waals surface area contributed by atoms with Crippen molar-refractivity contribution >= 4 is 32.6 Å². The maximum atomic E-state index is 13.2. The van der Waals surface area contributed by atoms with E-state index in [1.807, 2.05) is 19.1 Å². The van der Waals surface area contributed by atoms with Crippen LogP contribution in [0, 0.1) is 19.7 Å². The van der Waals surface area contributed by atoms with Crippen LogP contribution in [0.15, 0.2) is 60.9 Å². The largest absolute Gasteiger partial charge is 0.283 e. The van der Waals surface area contributed by atoms with Crippen LogP contribution in [0.5, 0.6) is 0 Å². The van der Waals surface area contributed by atoms with Crippen LogP contribution < -0.4 is 4.90 Å². The Morgan fingerprint density at radius 2 is 1.90 bits per heavy atom. The predicted octanol–water partition coefficient (Wildman–Crippen LogP) is 5.22. The average Bonchev–Trinajstić information content (AvgIpc) is 3.12. The number of thiazole rings is 1. The second-order valence-corrected chi connectivity index (χ2v) is 8.08. The highest BCUT2D eigenvalue weighted by atomic mass is 32.1. The fourth-order valence-corrected chi connectivity index (χ4v) is 4.44. The summed E-state index contributed by atoms with van der Waals surface area (Å²) in [6, 6.07) is 14.0. The summed E-state index contributed by atoms with van der Waals surface area (Å²) in [6.07, 6.45) is 3.63. The van der Waals surface area contributed by atoms with Gasteiger partial charge < -0.3 is 0 Å². The predicted molar refractivity (Wildman–Crippen MR) is 115 cm³/mol. The maximum Gasteiger partial charge on any atom is 0.233 e. The van der Waals surface area contributed by atoms with E-state index in [0.717, 1.165) is 26.9 Å². The number of fused-ring (bicyclic) bond motifs is 1. The van der Waals surface area contributed by atoms with Gasteiger partial charge in [0, 0.05) is 12.4 Å². The van der Waals surface area contributed by atoms with E-state index < -0.39 is 0 Å². The van der Waals surface area contributed by atoms with Crippen LogP contribution in [0.25, 0.3) is 10.2 Å². The summed E-state index contributed by atoms with van der Waals surface area (Å²) in [5, 5.41) is 0.657. The molecule has 0 aliphatic heterocycles. The second kappa shape index (κ2) is 8.09. The minimum absolute atomic E-state index is 0.0890. The molecule has 2 aromatic heterocycles. The molecule has 0 fully saturated rings. The Bertz CT molecular complexity index is 1160. The van der Waals surface area contributed by atoms with Crippen LogP contribution in [-0.2, 0) is 17.8 Å². The summed E-state index contributed by atoms with van der Waals surface area (Å²) in [5.41, 5.74) is 4.87. The zero-order valence-electron chi connectivity index (χ0n) is 16.2. The Balaban J connectivity index is 1.70. The van der Waals surface area contributed by atoms with Crippen molar-refractivity contribution in [1.82, 2.24) is 9.97 Å². The molecule has 0 saturated carbocycles. The molecule has 0 aliphatic rings. The first-order valence-corrected chi connectivity index (χ1v) is 10.1. The minimum atomic E-state index is -0.314. The van der Waals surface area contributed by atoms with Gasteiger partial charge >= 0.3 is 0 Å². The average molecular weight is 405 g/mol. The van der Waals surface area contributed by atoms with Crippen LogP contribution in [-0.4, -0.2) is 15.9 Å². The zero-order chi connectivity index (χ0) is 20.4. The Morgan fingerprint density at radius 1 is 1.10 bits per heavy atom. The summed E-state index contributed by atoms with van der Waals surface area (Å²) >= 11 is 1.51. The van der Waals surface area contributed by atoms with Gasteiger partial charge in [-0.3, -0.25) is 14.7 Å². The monoisotopic (exact) mass is 405 g/mol. The van der Waals surface area contributed by atoms with Crippen LogP contribution in [0.3, 0.4) is 0 Å². The molecule has 2 heterocycles. The van der Waals surface area contributed by atoms with Crippen molar-refractivity contribution in [2.24, 2.45) is 0 Å². The van der Waals surface area contributed by atoms with E-state index in [9.17, 15) is 9.18 Å². The van der Waals surface area contributed by atoms with Crippen LogP contribution >= 0.6 is 11.3 Å². The van der Waals surface area contributed by atoms with Gasteiger partial charge in [0.25, 0.3) is 0 Å². The van der Waals surface area contributed by atoms with Crippen molar-refractivity contribution in [2.75, 3.05) is 4.90 Å². The molecule has 29 heavy (non-hydrogen) atoms. The quantitative estimate of drug-likeness (QED) is 0.457. The normalized spacial score (nSPS) is 11.0. The lowest BCUT2D eigenvalue weighted by molar-refractivity contribution is -0.118. The molecular formula is C23H20FN3OS. The molecule has 4 rings (SSSR count). The number of amides is 1. The SMILES string of the molecule is Cc1cc(C)c2nc(N(Cc3cccnc3)C(=O)Cc3ccc(F)cc3)sc2c1. The molecule has 6 heteroatoms. The highest BCUT2D eigenvalue weighted by Crippen LogP contribution is 2.32. The van der Waals surface area contributed by atoms with Gasteiger partial charge in [0.15, 0.2) is 5.13 Å². The number of carbonyl (C=O) groups is 1. The number of rotatable bonds is 5. The first kappa shape index (κ1) is 19.2. The van der Waals surface area contributed by atoms with Gasteiger partial charge in [0.2, 0.25) is 5.91 Å². The number of benzene rings is 2. The molecular weight excluding hydrogens is 385 g/mol. The number of halogens is 1. The minimum Gasteiger partial charge on any atom is -0.283 e. The summed E-state index contributed by atoms with van der Waals surface area (Å²) in [7, 11) is 0. The van der Waals surface area contributed by atoms with Crippen molar-refractivity contribution in [2.45, 2.75) is 26.8 Å². The number of hydrogen-bond donors (Lipinski definition) is 0. The second-order valence-electron chi connectivity index (χ2n) is 7.07. The molecule has 146 valence electrons. The fourth-order valence-electron chi connectivity index (χ4n) is 3.28. The number of pyridine rings is 1. The third-order valence-corrected chi connectivity index (χ3v) is 5.71. The number of nitrogens with zero attached hydrogens (tertiary/aromatic N) is 3. The molecule has 0 radical (unpaired) electrons. The van der Waals surface area contributed by atoms with Gasteiger partial charge in [-0.05, 0) is 60.4 Å². The van der Waals surface area contributed by atoms with E-state index in [2.05, 4.69) is 24.0 Å².